The van der Waals surface area contributed by atoms with Crippen LogP contribution in [0.25, 0.3) is 0 Å². The zero-order valence-corrected chi connectivity index (χ0v) is 5.36. The van der Waals surface area contributed by atoms with E-state index < -0.39 is 0 Å². The molecule has 0 spiro atoms. The van der Waals surface area contributed by atoms with Crippen LogP contribution in [0.4, 0.5) is 4.39 Å². The van der Waals surface area contributed by atoms with Gasteiger partial charge in [-0.1, -0.05) is 11.6 Å². The van der Waals surface area contributed by atoms with Gasteiger partial charge < -0.3 is 4.74 Å². The summed E-state index contributed by atoms with van der Waals surface area (Å²) in [5, 5.41) is 0. The molecule has 0 N–H and O–H groups in total. The summed E-state index contributed by atoms with van der Waals surface area (Å²) in [6.45, 7) is 1.91. The van der Waals surface area contributed by atoms with Crippen LogP contribution in [-0.2, 0) is 4.74 Å². The minimum atomic E-state index is -0.341. The Morgan fingerprint density at radius 1 is 1.88 bits per heavy atom. The van der Waals surface area contributed by atoms with Crippen molar-refractivity contribution in [3.63, 3.8) is 0 Å². The van der Waals surface area contributed by atoms with Crippen LogP contribution in [0.15, 0.2) is 12.4 Å². The Hall–Kier alpha value is -0.0800. The van der Waals surface area contributed by atoms with E-state index >= 15 is 0 Å². The van der Waals surface area contributed by atoms with E-state index in [1.54, 1.807) is 6.92 Å². The number of rotatable bonds is 3. The molecule has 0 aliphatic carbocycles. The molecule has 0 rings (SSSR count). The fraction of sp³-hybridized carbons (Fsp3) is 0.600. The second-order valence-electron chi connectivity index (χ2n) is 1.24. The molecule has 0 saturated carbocycles. The van der Waals surface area contributed by atoms with Crippen LogP contribution >= 0.6 is 11.6 Å². The summed E-state index contributed by atoms with van der Waals surface area (Å²) >= 11 is 5.33. The molecule has 3 heteroatoms. The van der Waals surface area contributed by atoms with Crippen molar-refractivity contribution >= 4 is 11.6 Å². The summed E-state index contributed by atoms with van der Waals surface area (Å²) in [6, 6.07) is 0. The standard InChI is InChI=1S/C5H8ClFO/c1-5(6)8-4-2-3-7/h2-3,5H,4H2,1H3. The highest BCUT2D eigenvalue weighted by Gasteiger charge is 1.89. The average molecular weight is 139 g/mol. The fourth-order valence-electron chi connectivity index (χ4n) is 0.225. The number of halogens is 2. The van der Waals surface area contributed by atoms with Crippen molar-refractivity contribution in [2.45, 2.75) is 12.5 Å². The molecule has 0 fully saturated rings. The largest absolute Gasteiger partial charge is 0.359 e. The first-order valence-corrected chi connectivity index (χ1v) is 2.72. The van der Waals surface area contributed by atoms with E-state index in [2.05, 4.69) is 0 Å². The first kappa shape index (κ1) is 7.92. The normalized spacial score (nSPS) is 14.9. The Morgan fingerprint density at radius 2 is 2.50 bits per heavy atom. The van der Waals surface area contributed by atoms with Crippen molar-refractivity contribution in [3.8, 4) is 0 Å². The van der Waals surface area contributed by atoms with Crippen molar-refractivity contribution in [2.24, 2.45) is 0 Å². The van der Waals surface area contributed by atoms with Crippen LogP contribution in [0.1, 0.15) is 6.92 Å². The first-order valence-electron chi connectivity index (χ1n) is 2.28. The van der Waals surface area contributed by atoms with E-state index in [1.165, 1.54) is 6.08 Å². The number of hydrogen-bond donors (Lipinski definition) is 0. The molecule has 48 valence electrons. The second-order valence-corrected chi connectivity index (χ2v) is 1.85. The lowest BCUT2D eigenvalue weighted by Crippen LogP contribution is -1.97. The average Bonchev–Trinajstić information content (AvgIpc) is 1.66. The molecular weight excluding hydrogens is 131 g/mol. The number of alkyl halides is 1. The lowest BCUT2D eigenvalue weighted by molar-refractivity contribution is 0.146. The Labute approximate surface area is 53.1 Å². The van der Waals surface area contributed by atoms with Crippen molar-refractivity contribution in [3.05, 3.63) is 12.4 Å². The Morgan fingerprint density at radius 3 is 2.88 bits per heavy atom. The van der Waals surface area contributed by atoms with E-state index in [0.29, 0.717) is 6.33 Å². The van der Waals surface area contributed by atoms with Gasteiger partial charge in [-0.15, -0.1) is 0 Å². The maximum atomic E-state index is 11.1. The van der Waals surface area contributed by atoms with Crippen molar-refractivity contribution in [1.82, 2.24) is 0 Å². The molecule has 0 amide bonds. The maximum Gasteiger partial charge on any atom is 0.128 e. The summed E-state index contributed by atoms with van der Waals surface area (Å²) in [5.74, 6) is 0. The number of hydrogen-bond acceptors (Lipinski definition) is 1. The van der Waals surface area contributed by atoms with Crippen molar-refractivity contribution in [1.29, 1.82) is 0 Å². The topological polar surface area (TPSA) is 9.23 Å². The van der Waals surface area contributed by atoms with E-state index in [9.17, 15) is 4.39 Å². The van der Waals surface area contributed by atoms with Gasteiger partial charge in [0, 0.05) is 0 Å². The number of ether oxygens (including phenoxy) is 1. The summed E-state index contributed by atoms with van der Waals surface area (Å²) in [6.07, 6.45) is 1.68. The van der Waals surface area contributed by atoms with Crippen molar-refractivity contribution < 1.29 is 9.13 Å². The lowest BCUT2D eigenvalue weighted by Gasteiger charge is -1.98. The van der Waals surface area contributed by atoms with Crippen LogP contribution in [0.3, 0.4) is 0 Å². The van der Waals surface area contributed by atoms with Crippen LogP contribution in [0.5, 0.6) is 0 Å². The summed E-state index contributed by atoms with van der Waals surface area (Å²) in [7, 11) is 0. The second kappa shape index (κ2) is 5.06. The zero-order chi connectivity index (χ0) is 6.41. The molecule has 1 nitrogen and oxygen atoms in total. The Balaban J connectivity index is 2.93. The SMILES string of the molecule is CC(Cl)OCC=CF. The summed E-state index contributed by atoms with van der Waals surface area (Å²) in [4.78, 5) is 0. The molecule has 0 aliphatic rings. The Kier molecular flexibility index (Phi) is 5.01. The monoisotopic (exact) mass is 138 g/mol. The fourth-order valence-corrected chi connectivity index (χ4v) is 0.297. The summed E-state index contributed by atoms with van der Waals surface area (Å²) in [5.41, 5.74) is -0.341. The van der Waals surface area contributed by atoms with Gasteiger partial charge in [-0.25, -0.2) is 4.39 Å². The quantitative estimate of drug-likeness (QED) is 0.543. The molecule has 1 atom stereocenters. The van der Waals surface area contributed by atoms with Crippen LogP contribution in [-0.4, -0.2) is 12.2 Å². The van der Waals surface area contributed by atoms with Gasteiger partial charge in [-0.3, -0.25) is 0 Å². The predicted molar refractivity (Wildman–Crippen MR) is 31.5 cm³/mol. The maximum absolute atomic E-state index is 11.1. The third kappa shape index (κ3) is 5.92. The van der Waals surface area contributed by atoms with E-state index in [-0.39, 0.29) is 12.2 Å². The molecule has 0 aromatic carbocycles. The molecule has 0 heterocycles. The van der Waals surface area contributed by atoms with Crippen LogP contribution in [0, 0.1) is 0 Å². The van der Waals surface area contributed by atoms with Crippen molar-refractivity contribution in [2.75, 3.05) is 6.61 Å². The minimum absolute atomic E-state index is 0.237. The first-order chi connectivity index (χ1) is 3.77. The van der Waals surface area contributed by atoms with Gasteiger partial charge in [-0.05, 0) is 13.0 Å². The van der Waals surface area contributed by atoms with Gasteiger partial charge in [-0.2, -0.15) is 0 Å². The van der Waals surface area contributed by atoms with Gasteiger partial charge in [0.2, 0.25) is 0 Å². The van der Waals surface area contributed by atoms with Crippen LogP contribution in [0.2, 0.25) is 0 Å². The van der Waals surface area contributed by atoms with Gasteiger partial charge in [0.05, 0.1) is 12.9 Å². The highest BCUT2D eigenvalue weighted by Crippen LogP contribution is 1.94. The third-order valence-electron chi connectivity index (χ3n) is 0.511. The molecule has 0 saturated heterocycles. The lowest BCUT2D eigenvalue weighted by atomic mass is 10.7. The highest BCUT2D eigenvalue weighted by molar-refractivity contribution is 6.19. The molecule has 0 aromatic rings. The van der Waals surface area contributed by atoms with Gasteiger partial charge >= 0.3 is 0 Å². The molecular formula is C5H8ClFO. The minimum Gasteiger partial charge on any atom is -0.359 e. The zero-order valence-electron chi connectivity index (χ0n) is 4.60. The van der Waals surface area contributed by atoms with E-state index in [1.807, 2.05) is 0 Å². The molecule has 0 aromatic heterocycles. The predicted octanol–water partition coefficient (Wildman–Crippen LogP) is 2.07. The Bertz CT molecular complexity index is 72.8. The van der Waals surface area contributed by atoms with Crippen LogP contribution < -0.4 is 0 Å². The van der Waals surface area contributed by atoms with Gasteiger partial charge in [0.15, 0.2) is 0 Å². The van der Waals surface area contributed by atoms with E-state index in [0.717, 1.165) is 0 Å². The molecule has 8 heavy (non-hydrogen) atoms. The highest BCUT2D eigenvalue weighted by atomic mass is 35.5. The van der Waals surface area contributed by atoms with E-state index in [4.69, 9.17) is 16.3 Å². The third-order valence-corrected chi connectivity index (χ3v) is 0.637. The molecule has 0 radical (unpaired) electrons. The molecule has 1 unspecified atom stereocenters. The summed E-state index contributed by atoms with van der Waals surface area (Å²) < 4.78 is 15.9. The van der Waals surface area contributed by atoms with Gasteiger partial charge in [0.25, 0.3) is 0 Å². The van der Waals surface area contributed by atoms with Gasteiger partial charge in [0.1, 0.15) is 5.56 Å². The smallest absolute Gasteiger partial charge is 0.128 e. The molecule has 0 bridgehead atoms. The molecule has 0 aliphatic heterocycles.